The summed E-state index contributed by atoms with van der Waals surface area (Å²) in [5.74, 6) is 0.885. The van der Waals surface area contributed by atoms with Crippen molar-refractivity contribution in [3.05, 3.63) is 34.0 Å². The SMILES string of the molecule is CCNC(=NCCCc1cnn(C)c1)NCCc1ncc(CC)s1.I. The molecule has 2 aromatic rings. The number of guanidine groups is 1. The van der Waals surface area contributed by atoms with Crippen molar-refractivity contribution in [2.75, 3.05) is 19.6 Å². The van der Waals surface area contributed by atoms with Crippen molar-refractivity contribution >= 4 is 41.3 Å². The number of aromatic nitrogens is 3. The van der Waals surface area contributed by atoms with Crippen molar-refractivity contribution in [2.45, 2.75) is 39.5 Å². The van der Waals surface area contributed by atoms with Crippen molar-refractivity contribution < 1.29 is 0 Å². The van der Waals surface area contributed by atoms with Gasteiger partial charge in [-0.1, -0.05) is 6.92 Å². The van der Waals surface area contributed by atoms with Gasteiger partial charge >= 0.3 is 0 Å². The minimum Gasteiger partial charge on any atom is -0.357 e. The van der Waals surface area contributed by atoms with E-state index in [4.69, 9.17) is 0 Å². The van der Waals surface area contributed by atoms with Crippen molar-refractivity contribution in [2.24, 2.45) is 12.0 Å². The first kappa shape index (κ1) is 21.9. The van der Waals surface area contributed by atoms with Gasteiger partial charge in [0, 0.05) is 50.4 Å². The maximum absolute atomic E-state index is 4.64. The van der Waals surface area contributed by atoms with E-state index in [0.29, 0.717) is 0 Å². The van der Waals surface area contributed by atoms with Crippen molar-refractivity contribution in [1.29, 1.82) is 0 Å². The molecule has 140 valence electrons. The second-order valence-electron chi connectivity index (χ2n) is 5.64. The number of halogens is 1. The zero-order valence-corrected chi connectivity index (χ0v) is 18.4. The summed E-state index contributed by atoms with van der Waals surface area (Å²) in [5.41, 5.74) is 1.26. The minimum atomic E-state index is 0. The Morgan fingerprint density at radius 1 is 1.24 bits per heavy atom. The van der Waals surface area contributed by atoms with Crippen LogP contribution in [-0.2, 0) is 26.3 Å². The lowest BCUT2D eigenvalue weighted by Gasteiger charge is -2.10. The molecule has 0 spiro atoms. The number of thiazole rings is 1. The van der Waals surface area contributed by atoms with Gasteiger partial charge in [0.05, 0.1) is 11.2 Å². The van der Waals surface area contributed by atoms with Crippen LogP contribution in [0.2, 0.25) is 0 Å². The van der Waals surface area contributed by atoms with E-state index < -0.39 is 0 Å². The van der Waals surface area contributed by atoms with E-state index >= 15 is 0 Å². The summed E-state index contributed by atoms with van der Waals surface area (Å²) in [4.78, 5) is 10.4. The Morgan fingerprint density at radius 3 is 2.72 bits per heavy atom. The molecule has 2 heterocycles. The summed E-state index contributed by atoms with van der Waals surface area (Å²) in [5, 5.41) is 12.1. The molecule has 0 bridgehead atoms. The van der Waals surface area contributed by atoms with Gasteiger partial charge in [0.2, 0.25) is 0 Å². The molecule has 0 fully saturated rings. The first-order valence-corrected chi connectivity index (χ1v) is 9.46. The molecule has 0 saturated carbocycles. The molecule has 0 unspecified atom stereocenters. The molecule has 6 nitrogen and oxygen atoms in total. The molecule has 0 aliphatic carbocycles. The molecule has 0 aromatic carbocycles. The number of hydrogen-bond acceptors (Lipinski definition) is 4. The molecule has 25 heavy (non-hydrogen) atoms. The van der Waals surface area contributed by atoms with E-state index in [9.17, 15) is 0 Å². The van der Waals surface area contributed by atoms with Crippen LogP contribution in [0.3, 0.4) is 0 Å². The molecule has 0 radical (unpaired) electrons. The molecule has 8 heteroatoms. The number of nitrogens with one attached hydrogen (secondary N) is 2. The largest absolute Gasteiger partial charge is 0.357 e. The van der Waals surface area contributed by atoms with Gasteiger partial charge in [-0.15, -0.1) is 35.3 Å². The first-order chi connectivity index (χ1) is 11.7. The quantitative estimate of drug-likeness (QED) is 0.253. The summed E-state index contributed by atoms with van der Waals surface area (Å²) in [6.07, 6.45) is 10.00. The normalized spacial score (nSPS) is 11.2. The molecule has 0 atom stereocenters. The Hall–Kier alpha value is -1.16. The van der Waals surface area contributed by atoms with E-state index in [1.807, 2.05) is 24.1 Å². The lowest BCUT2D eigenvalue weighted by Crippen LogP contribution is -2.38. The van der Waals surface area contributed by atoms with Crippen LogP contribution in [0.25, 0.3) is 0 Å². The van der Waals surface area contributed by atoms with Crippen molar-refractivity contribution in [3.8, 4) is 0 Å². The monoisotopic (exact) mass is 476 g/mol. The number of hydrogen-bond donors (Lipinski definition) is 2. The fraction of sp³-hybridized carbons (Fsp3) is 0.588. The fourth-order valence-electron chi connectivity index (χ4n) is 2.33. The van der Waals surface area contributed by atoms with E-state index in [1.165, 1.54) is 15.4 Å². The summed E-state index contributed by atoms with van der Waals surface area (Å²) in [6, 6.07) is 0. The Balaban J connectivity index is 0.00000312. The van der Waals surface area contributed by atoms with Crippen molar-refractivity contribution in [3.63, 3.8) is 0 Å². The molecule has 2 N–H and O–H groups in total. The average molecular weight is 476 g/mol. The second kappa shape index (κ2) is 12.2. The third-order valence-corrected chi connectivity index (χ3v) is 4.78. The fourth-order valence-corrected chi connectivity index (χ4v) is 3.19. The van der Waals surface area contributed by atoms with Crippen molar-refractivity contribution in [1.82, 2.24) is 25.4 Å². The van der Waals surface area contributed by atoms with Gasteiger partial charge in [0.25, 0.3) is 0 Å². The Bertz CT molecular complexity index is 637. The number of aryl methyl sites for hydroxylation is 3. The Labute approximate surface area is 171 Å². The highest BCUT2D eigenvalue weighted by Crippen LogP contribution is 2.13. The van der Waals surface area contributed by atoms with E-state index in [1.54, 1.807) is 11.3 Å². The zero-order valence-electron chi connectivity index (χ0n) is 15.3. The molecule has 0 saturated heterocycles. The third-order valence-electron chi connectivity index (χ3n) is 3.58. The van der Waals surface area contributed by atoms with E-state index in [-0.39, 0.29) is 24.0 Å². The van der Waals surface area contributed by atoms with E-state index in [2.05, 4.69) is 45.8 Å². The Kier molecular flexibility index (Phi) is 10.7. The highest BCUT2D eigenvalue weighted by Gasteiger charge is 2.02. The maximum Gasteiger partial charge on any atom is 0.191 e. The van der Waals surface area contributed by atoms with Gasteiger partial charge in [-0.05, 0) is 31.7 Å². The predicted molar refractivity (Wildman–Crippen MR) is 116 cm³/mol. The molecule has 2 rings (SSSR count). The highest BCUT2D eigenvalue weighted by atomic mass is 127. The Morgan fingerprint density at radius 2 is 2.08 bits per heavy atom. The van der Waals surface area contributed by atoms with Gasteiger partial charge < -0.3 is 10.6 Å². The summed E-state index contributed by atoms with van der Waals surface area (Å²) in [7, 11) is 1.95. The van der Waals surface area contributed by atoms with Crippen LogP contribution < -0.4 is 10.6 Å². The van der Waals surface area contributed by atoms with Crippen LogP contribution in [0.5, 0.6) is 0 Å². The zero-order chi connectivity index (χ0) is 17.2. The summed E-state index contributed by atoms with van der Waals surface area (Å²) in [6.45, 7) is 6.77. The highest BCUT2D eigenvalue weighted by molar-refractivity contribution is 14.0. The molecule has 0 aliphatic rings. The standard InChI is InChI=1S/C17H28N6S.HI/c1-4-15-12-21-16(24-15)8-10-20-17(18-5-2)19-9-6-7-14-11-22-23(3)13-14;/h11-13H,4-10H2,1-3H3,(H2,18,19,20);1H. The minimum absolute atomic E-state index is 0. The topological polar surface area (TPSA) is 67.1 Å². The van der Waals surface area contributed by atoms with Crippen LogP contribution >= 0.6 is 35.3 Å². The number of aliphatic imine (C=N–C) groups is 1. The molecular formula is C17H29IN6S. The summed E-state index contributed by atoms with van der Waals surface area (Å²) >= 11 is 1.80. The number of rotatable bonds is 9. The van der Waals surface area contributed by atoms with Gasteiger partial charge in [-0.2, -0.15) is 5.10 Å². The van der Waals surface area contributed by atoms with Gasteiger partial charge in [-0.25, -0.2) is 4.98 Å². The first-order valence-electron chi connectivity index (χ1n) is 8.64. The van der Waals surface area contributed by atoms with Crippen LogP contribution in [0.4, 0.5) is 0 Å². The van der Waals surface area contributed by atoms with Crippen LogP contribution in [-0.4, -0.2) is 40.4 Å². The van der Waals surface area contributed by atoms with Crippen LogP contribution in [0.15, 0.2) is 23.6 Å². The van der Waals surface area contributed by atoms with Gasteiger partial charge in [-0.3, -0.25) is 9.67 Å². The van der Waals surface area contributed by atoms with Crippen LogP contribution in [0, 0.1) is 0 Å². The average Bonchev–Trinajstić information content (AvgIpc) is 3.20. The van der Waals surface area contributed by atoms with Crippen LogP contribution in [0.1, 0.15) is 35.7 Å². The lowest BCUT2D eigenvalue weighted by atomic mass is 10.2. The molecule has 2 aromatic heterocycles. The van der Waals surface area contributed by atoms with E-state index in [0.717, 1.165) is 51.3 Å². The maximum atomic E-state index is 4.64. The summed E-state index contributed by atoms with van der Waals surface area (Å²) < 4.78 is 1.84. The number of nitrogens with zero attached hydrogens (tertiary/aromatic N) is 4. The third kappa shape index (κ3) is 8.17. The molecule has 0 aliphatic heterocycles. The van der Waals surface area contributed by atoms with Gasteiger partial charge in [0.1, 0.15) is 0 Å². The lowest BCUT2D eigenvalue weighted by molar-refractivity contribution is 0.762. The molecule has 0 amide bonds. The predicted octanol–water partition coefficient (Wildman–Crippen LogP) is 2.79. The smallest absolute Gasteiger partial charge is 0.191 e. The van der Waals surface area contributed by atoms with Gasteiger partial charge in [0.15, 0.2) is 5.96 Å². The second-order valence-corrected chi connectivity index (χ2v) is 6.84. The molecular weight excluding hydrogens is 447 g/mol.